The average Bonchev–Trinajstić information content (AvgIpc) is 3.43. The number of hydrogen-bond donors (Lipinski definition) is 0. The van der Waals surface area contributed by atoms with Crippen LogP contribution in [0, 0.1) is 170 Å². The maximum absolute atomic E-state index is 9.82. The molecule has 0 aliphatic carbocycles. The number of rotatable bonds is 13. The normalized spacial score (nSPS) is 7.99. The van der Waals surface area contributed by atoms with Gasteiger partial charge in [-0.1, -0.05) is 121 Å². The highest BCUT2D eigenvalue weighted by Gasteiger charge is 1.97. The summed E-state index contributed by atoms with van der Waals surface area (Å²) in [5.41, 5.74) is 7.61. The zero-order valence-corrected chi connectivity index (χ0v) is 48.0. The van der Waals surface area contributed by atoms with E-state index in [1.165, 1.54) is 44.6 Å². The lowest BCUT2D eigenvalue weighted by Gasteiger charge is -1.94. The molecule has 13 nitrogen and oxygen atoms in total. The van der Waals surface area contributed by atoms with Gasteiger partial charge in [0.2, 0.25) is 0 Å². The minimum atomic E-state index is -0.0718. The Morgan fingerprint density at radius 2 is 0.846 bits per heavy atom. The van der Waals surface area contributed by atoms with Gasteiger partial charge in [-0.2, -0.15) is 63.1 Å². The Kier molecular flexibility index (Phi) is 67.0. The molecule has 0 bridgehead atoms. The molecule has 4 rings (SSSR count). The summed E-state index contributed by atoms with van der Waals surface area (Å²) >= 11 is 0. The molecule has 78 heavy (non-hydrogen) atoms. The maximum Gasteiger partial charge on any atom is 0.143 e. The Bertz CT molecular complexity index is 2650. The van der Waals surface area contributed by atoms with Crippen LogP contribution in [0.2, 0.25) is 0 Å². The SMILES string of the molecule is CC(=O)CC#N.CC(CC#N)CC#N.CCCC#N.CCCCC#N.CCCCCC#N.CCCCCCC#N.Cc1cc(C#N)cc(C#N)c1.Cc1ccc(C#N)cc1.Cc1cccc(C#N)c1.Cc1ccccc1C#N. The first-order chi connectivity index (χ1) is 37.5. The Labute approximate surface area is 469 Å². The molecule has 0 unspecified atom stereocenters. The zero-order chi connectivity index (χ0) is 60.5. The third kappa shape index (κ3) is 64.4. The summed E-state index contributed by atoms with van der Waals surface area (Å²) in [7, 11) is 0. The van der Waals surface area contributed by atoms with Crippen LogP contribution in [0.4, 0.5) is 0 Å². The molecule has 0 saturated heterocycles. The molecule has 0 radical (unpaired) electrons. The van der Waals surface area contributed by atoms with Crippen LogP contribution in [-0.4, -0.2) is 5.78 Å². The summed E-state index contributed by atoms with van der Waals surface area (Å²) in [6.07, 6.45) is 15.4. The molecule has 0 aliphatic heterocycles. The van der Waals surface area contributed by atoms with Gasteiger partial charge in [0.05, 0.1) is 107 Å². The van der Waals surface area contributed by atoms with Crippen LogP contribution >= 0.6 is 0 Å². The summed E-state index contributed by atoms with van der Waals surface area (Å²) in [5.74, 6) is 0.169. The van der Waals surface area contributed by atoms with Crippen molar-refractivity contribution in [3.63, 3.8) is 0 Å². The highest BCUT2D eigenvalue weighted by molar-refractivity contribution is 5.77. The van der Waals surface area contributed by atoms with Crippen molar-refractivity contribution < 1.29 is 4.79 Å². The quantitative estimate of drug-likeness (QED) is 0.113. The van der Waals surface area contributed by atoms with Crippen LogP contribution < -0.4 is 0 Å². The Hall–Kier alpha value is -9.57. The van der Waals surface area contributed by atoms with Crippen LogP contribution in [-0.2, 0) is 4.79 Å². The van der Waals surface area contributed by atoms with Gasteiger partial charge in [-0.3, -0.25) is 4.79 Å². The summed E-state index contributed by atoms with van der Waals surface area (Å²) < 4.78 is 0. The van der Waals surface area contributed by atoms with E-state index in [0.29, 0.717) is 30.4 Å². The molecule has 406 valence electrons. The molecule has 0 saturated carbocycles. The average molecular weight is 1050 g/mol. The first kappa shape index (κ1) is 79.8. The van der Waals surface area contributed by atoms with Gasteiger partial charge in [0.25, 0.3) is 0 Å². The summed E-state index contributed by atoms with van der Waals surface area (Å²) in [6.45, 7) is 19.4. The highest BCUT2D eigenvalue weighted by atomic mass is 16.1. The predicted octanol–water partition coefficient (Wildman–Crippen LogP) is 16.9. The van der Waals surface area contributed by atoms with Gasteiger partial charge in [-0.05, 0) is 131 Å². The molecular weight excluding hydrogens is 965 g/mol. The Balaban J connectivity index is -0.000000186. The largest absolute Gasteiger partial charge is 0.299 e. The minimum Gasteiger partial charge on any atom is -0.299 e. The van der Waals surface area contributed by atoms with Crippen molar-refractivity contribution in [3.05, 3.63) is 141 Å². The van der Waals surface area contributed by atoms with Crippen molar-refractivity contribution in [2.75, 3.05) is 0 Å². The fraction of sp³-hybridized carbons (Fsp3) is 0.431. The van der Waals surface area contributed by atoms with E-state index in [2.05, 4.69) is 57.2 Å². The molecule has 4 aromatic rings. The van der Waals surface area contributed by atoms with E-state index < -0.39 is 0 Å². The number of nitrogens with zero attached hydrogens (tertiary/aromatic N) is 12. The van der Waals surface area contributed by atoms with Crippen molar-refractivity contribution in [1.82, 2.24) is 0 Å². The second kappa shape index (κ2) is 65.4. The van der Waals surface area contributed by atoms with Gasteiger partial charge < -0.3 is 0 Å². The van der Waals surface area contributed by atoms with Gasteiger partial charge in [-0.25, -0.2) is 0 Å². The molecule has 0 heterocycles. The molecule has 4 aromatic carbocycles. The number of unbranched alkanes of at least 4 members (excludes halogenated alkanes) is 10. The van der Waals surface area contributed by atoms with E-state index in [1.54, 1.807) is 30.3 Å². The first-order valence-electron chi connectivity index (χ1n) is 25.9. The monoisotopic (exact) mass is 1040 g/mol. The van der Waals surface area contributed by atoms with E-state index in [9.17, 15) is 4.79 Å². The molecule has 13 heteroatoms. The molecule has 0 N–H and O–H groups in total. The molecule has 0 spiro atoms. The topological polar surface area (TPSA) is 303 Å². The molecule has 0 fully saturated rings. The Morgan fingerprint density at radius 3 is 1.17 bits per heavy atom. The van der Waals surface area contributed by atoms with Gasteiger partial charge in [0.15, 0.2) is 0 Å². The van der Waals surface area contributed by atoms with Crippen LogP contribution in [0.5, 0.6) is 0 Å². The third-order valence-corrected chi connectivity index (χ3v) is 9.17. The number of Topliss-reactive ketones (excluding diaryl/α,β-unsaturated/α-hetero) is 1. The third-order valence-electron chi connectivity index (χ3n) is 9.17. The van der Waals surface area contributed by atoms with Crippen LogP contribution in [0.3, 0.4) is 0 Å². The van der Waals surface area contributed by atoms with E-state index in [-0.39, 0.29) is 18.1 Å². The zero-order valence-electron chi connectivity index (χ0n) is 48.0. The number of benzene rings is 4. The predicted molar refractivity (Wildman–Crippen MR) is 309 cm³/mol. The summed E-state index contributed by atoms with van der Waals surface area (Å²) in [4.78, 5) is 9.82. The van der Waals surface area contributed by atoms with Crippen LogP contribution in [0.1, 0.15) is 201 Å². The van der Waals surface area contributed by atoms with E-state index in [4.69, 9.17) is 63.1 Å². The second-order valence-corrected chi connectivity index (χ2v) is 16.8. The second-order valence-electron chi connectivity index (χ2n) is 16.8. The van der Waals surface area contributed by atoms with E-state index >= 15 is 0 Å². The fourth-order valence-electron chi connectivity index (χ4n) is 4.90. The number of nitriles is 12. The van der Waals surface area contributed by atoms with Crippen molar-refractivity contribution in [2.45, 2.75) is 178 Å². The Morgan fingerprint density at radius 1 is 0.397 bits per heavy atom. The van der Waals surface area contributed by atoms with Gasteiger partial charge in [-0.15, -0.1) is 0 Å². The number of carbonyl (C=O) groups excluding carboxylic acids is 1. The smallest absolute Gasteiger partial charge is 0.143 e. The van der Waals surface area contributed by atoms with Crippen molar-refractivity contribution in [1.29, 1.82) is 63.1 Å². The van der Waals surface area contributed by atoms with Crippen LogP contribution in [0.25, 0.3) is 0 Å². The lowest BCUT2D eigenvalue weighted by Crippen LogP contribution is -1.88. The molecule has 0 aromatic heterocycles. The van der Waals surface area contributed by atoms with E-state index in [1.807, 2.05) is 139 Å². The number of aryl methyl sites for hydroxylation is 4. The lowest BCUT2D eigenvalue weighted by atomic mass is 10.1. The maximum atomic E-state index is 9.82. The molecule has 0 amide bonds. The molecular formula is C65H80N12O. The number of hydrogen-bond acceptors (Lipinski definition) is 13. The molecule has 0 aliphatic rings. The molecule has 0 atom stereocenters. The van der Waals surface area contributed by atoms with Gasteiger partial charge in [0, 0.05) is 38.5 Å². The number of ketones is 1. The van der Waals surface area contributed by atoms with Crippen LogP contribution in [0.15, 0.2) is 91.0 Å². The standard InChI is InChI=1S/C9H6N2.3C8H7N.C7H13N.C6H8N2.C6H11N.C5H9N.C4H5NO.C4H7N/c1-7-2-8(5-10)4-9(3-7)6-11;1-7-2-4-8(6-9)5-3-7;1-7-3-2-4-8(5-7)6-9;1-7-4-2-3-5-8(7)6-9;1-2-3-4-5-6-7-8;1-6(2-4-7)3-5-8;1-2-3-4-5-6-7;1-2-3-4-5-6;1-4(6)2-3-5;1-2-3-4-5/h2-4H,1H3;3*2-5H,1H3;2-6H2,1H3;6H,2-3H2,1H3;2-5H2,1H3;2-4H2,1H3;2H2,1H3;2-3H2,1H3. The fourth-order valence-corrected chi connectivity index (χ4v) is 4.90. The van der Waals surface area contributed by atoms with Crippen molar-refractivity contribution in [3.8, 4) is 72.8 Å². The lowest BCUT2D eigenvalue weighted by molar-refractivity contribution is -0.116. The number of carbonyl (C=O) groups is 1. The first-order valence-corrected chi connectivity index (χ1v) is 25.9. The summed E-state index contributed by atoms with van der Waals surface area (Å²) in [5, 5.41) is 98.2. The minimum absolute atomic E-state index is 0.0417. The van der Waals surface area contributed by atoms with Crippen molar-refractivity contribution >= 4 is 5.78 Å². The van der Waals surface area contributed by atoms with Gasteiger partial charge in [0.1, 0.15) is 5.78 Å². The highest BCUT2D eigenvalue weighted by Crippen LogP contribution is 2.08. The van der Waals surface area contributed by atoms with Crippen molar-refractivity contribution in [2.24, 2.45) is 5.92 Å². The summed E-state index contributed by atoms with van der Waals surface area (Å²) in [6, 6.07) is 51.9. The van der Waals surface area contributed by atoms with E-state index in [0.717, 1.165) is 84.7 Å². The van der Waals surface area contributed by atoms with Gasteiger partial charge >= 0.3 is 0 Å².